The lowest BCUT2D eigenvalue weighted by atomic mass is 10.0. The molecule has 130 valence electrons. The summed E-state index contributed by atoms with van der Waals surface area (Å²) >= 11 is 3.17. The molecule has 6 heteroatoms. The zero-order chi connectivity index (χ0) is 17.6. The first kappa shape index (κ1) is 19.9. The number of benzene rings is 1. The Labute approximate surface area is 146 Å². The van der Waals surface area contributed by atoms with Gasteiger partial charge in [-0.15, -0.1) is 0 Å². The number of carbonyl (C=O) groups excluding carboxylic acids is 1. The van der Waals surface area contributed by atoms with Crippen LogP contribution in [0.2, 0.25) is 0 Å². The molecule has 0 radical (unpaired) electrons. The molecule has 4 nitrogen and oxygen atoms in total. The van der Waals surface area contributed by atoms with E-state index in [0.29, 0.717) is 17.6 Å². The lowest BCUT2D eigenvalue weighted by Gasteiger charge is -2.26. The second kappa shape index (κ2) is 8.64. The molecule has 1 rings (SSSR count). The smallest absolute Gasteiger partial charge is 0.407 e. The maximum atomic E-state index is 13.2. The number of halogens is 2. The highest BCUT2D eigenvalue weighted by Crippen LogP contribution is 2.16. The maximum absolute atomic E-state index is 13.2. The lowest BCUT2D eigenvalue weighted by molar-refractivity contribution is 0.0490. The van der Waals surface area contributed by atoms with Gasteiger partial charge in [0.2, 0.25) is 0 Å². The molecule has 0 aliphatic heterocycles. The third kappa shape index (κ3) is 7.79. The Morgan fingerprint density at radius 2 is 2.00 bits per heavy atom. The summed E-state index contributed by atoms with van der Waals surface area (Å²) in [6.07, 6.45) is -0.414. The van der Waals surface area contributed by atoms with Gasteiger partial charge < -0.3 is 15.4 Å². The Bertz CT molecular complexity index is 530. The van der Waals surface area contributed by atoms with Gasteiger partial charge in [0, 0.05) is 19.1 Å². The molecule has 0 spiro atoms. The van der Waals surface area contributed by atoms with Crippen molar-refractivity contribution in [3.8, 4) is 0 Å². The van der Waals surface area contributed by atoms with Crippen LogP contribution in [0.25, 0.3) is 0 Å². The minimum Gasteiger partial charge on any atom is -0.444 e. The van der Waals surface area contributed by atoms with E-state index in [-0.39, 0.29) is 17.8 Å². The van der Waals surface area contributed by atoms with Gasteiger partial charge in [-0.2, -0.15) is 0 Å². The third-order valence-electron chi connectivity index (χ3n) is 3.18. The lowest BCUT2D eigenvalue weighted by Crippen LogP contribution is -2.46. The van der Waals surface area contributed by atoms with Crippen LogP contribution < -0.4 is 10.6 Å². The number of amides is 1. The van der Waals surface area contributed by atoms with E-state index in [1.807, 2.05) is 34.6 Å². The summed E-state index contributed by atoms with van der Waals surface area (Å²) < 4.78 is 18.9. The SMILES string of the molecule is CC(C)C(CNCc1ccc(F)c(Br)c1)NC(=O)OC(C)(C)C. The fourth-order valence-corrected chi connectivity index (χ4v) is 2.36. The van der Waals surface area contributed by atoms with Crippen LogP contribution in [0.1, 0.15) is 40.2 Å². The number of ether oxygens (including phenoxy) is 1. The number of carbonyl (C=O) groups is 1. The molecule has 1 aromatic carbocycles. The molecule has 0 saturated carbocycles. The maximum Gasteiger partial charge on any atom is 0.407 e. The quantitative estimate of drug-likeness (QED) is 0.766. The molecule has 1 amide bonds. The molecule has 0 bridgehead atoms. The summed E-state index contributed by atoms with van der Waals surface area (Å²) in [6.45, 7) is 10.8. The van der Waals surface area contributed by atoms with Crippen molar-refractivity contribution >= 4 is 22.0 Å². The molecule has 0 heterocycles. The van der Waals surface area contributed by atoms with Crippen LogP contribution in [0.4, 0.5) is 9.18 Å². The summed E-state index contributed by atoms with van der Waals surface area (Å²) in [5, 5.41) is 6.17. The van der Waals surface area contributed by atoms with Gasteiger partial charge in [-0.1, -0.05) is 19.9 Å². The minimum absolute atomic E-state index is 0.0475. The second-order valence-electron chi connectivity index (χ2n) is 6.88. The topological polar surface area (TPSA) is 50.4 Å². The monoisotopic (exact) mass is 388 g/mol. The molecular weight excluding hydrogens is 363 g/mol. The van der Waals surface area contributed by atoms with Crippen molar-refractivity contribution in [2.24, 2.45) is 5.92 Å². The first-order valence-electron chi connectivity index (χ1n) is 7.72. The van der Waals surface area contributed by atoms with E-state index < -0.39 is 11.7 Å². The van der Waals surface area contributed by atoms with Crippen LogP contribution in [-0.2, 0) is 11.3 Å². The molecule has 0 aromatic heterocycles. The van der Waals surface area contributed by atoms with Crippen LogP contribution in [0.3, 0.4) is 0 Å². The van der Waals surface area contributed by atoms with Gasteiger partial charge in [-0.3, -0.25) is 0 Å². The Morgan fingerprint density at radius 3 is 2.52 bits per heavy atom. The zero-order valence-electron chi connectivity index (χ0n) is 14.4. The standard InChI is InChI=1S/C17H26BrFN2O2/c1-11(2)15(21-16(22)23-17(3,4)5)10-20-9-12-6-7-14(19)13(18)8-12/h6-8,11,15,20H,9-10H2,1-5H3,(H,21,22). The average Bonchev–Trinajstić information content (AvgIpc) is 2.39. The molecule has 1 aromatic rings. The highest BCUT2D eigenvalue weighted by atomic mass is 79.9. The number of alkyl carbamates (subject to hydrolysis) is 1. The van der Waals surface area contributed by atoms with E-state index in [0.717, 1.165) is 5.56 Å². The van der Waals surface area contributed by atoms with Crippen LogP contribution in [-0.4, -0.2) is 24.3 Å². The van der Waals surface area contributed by atoms with Gasteiger partial charge in [0.1, 0.15) is 11.4 Å². The Kier molecular flexibility index (Phi) is 7.48. The van der Waals surface area contributed by atoms with Gasteiger partial charge in [0.25, 0.3) is 0 Å². The van der Waals surface area contributed by atoms with Crippen molar-refractivity contribution in [1.82, 2.24) is 10.6 Å². The molecule has 0 aliphatic carbocycles. The van der Waals surface area contributed by atoms with Crippen LogP contribution in [0, 0.1) is 11.7 Å². The molecule has 0 saturated heterocycles. The van der Waals surface area contributed by atoms with Crippen molar-refractivity contribution in [3.05, 3.63) is 34.1 Å². The van der Waals surface area contributed by atoms with Crippen LogP contribution >= 0.6 is 15.9 Å². The van der Waals surface area contributed by atoms with E-state index in [9.17, 15) is 9.18 Å². The van der Waals surface area contributed by atoms with Crippen molar-refractivity contribution in [2.45, 2.75) is 52.8 Å². The van der Waals surface area contributed by atoms with E-state index >= 15 is 0 Å². The van der Waals surface area contributed by atoms with Crippen molar-refractivity contribution in [1.29, 1.82) is 0 Å². The summed E-state index contributed by atoms with van der Waals surface area (Å²) in [6, 6.07) is 4.86. The minimum atomic E-state index is -0.514. The van der Waals surface area contributed by atoms with E-state index in [4.69, 9.17) is 4.74 Å². The van der Waals surface area contributed by atoms with Crippen LogP contribution in [0.15, 0.2) is 22.7 Å². The molecule has 1 atom stereocenters. The van der Waals surface area contributed by atoms with Gasteiger partial charge in [0.15, 0.2) is 0 Å². The predicted octanol–water partition coefficient (Wildman–Crippen LogP) is 4.23. The van der Waals surface area contributed by atoms with Gasteiger partial charge in [-0.25, -0.2) is 9.18 Å². The summed E-state index contributed by atoms with van der Waals surface area (Å²) in [5.41, 5.74) is 0.456. The third-order valence-corrected chi connectivity index (χ3v) is 3.79. The molecule has 23 heavy (non-hydrogen) atoms. The fourth-order valence-electron chi connectivity index (χ4n) is 1.93. The second-order valence-corrected chi connectivity index (χ2v) is 7.73. The molecular formula is C17H26BrFN2O2. The summed E-state index contributed by atoms with van der Waals surface area (Å²) in [4.78, 5) is 11.9. The predicted molar refractivity (Wildman–Crippen MR) is 93.8 cm³/mol. The van der Waals surface area contributed by atoms with Crippen molar-refractivity contribution in [2.75, 3.05) is 6.54 Å². The number of nitrogens with one attached hydrogen (secondary N) is 2. The van der Waals surface area contributed by atoms with E-state index in [1.165, 1.54) is 6.07 Å². The summed E-state index contributed by atoms with van der Waals surface area (Å²) in [5.74, 6) is -0.0182. The van der Waals surface area contributed by atoms with E-state index in [1.54, 1.807) is 12.1 Å². The Morgan fingerprint density at radius 1 is 1.35 bits per heavy atom. The van der Waals surface area contributed by atoms with Gasteiger partial charge >= 0.3 is 6.09 Å². The average molecular weight is 389 g/mol. The highest BCUT2D eigenvalue weighted by Gasteiger charge is 2.21. The normalized spacial score (nSPS) is 13.0. The fraction of sp³-hybridized carbons (Fsp3) is 0.588. The highest BCUT2D eigenvalue weighted by molar-refractivity contribution is 9.10. The Hall–Kier alpha value is -1.14. The zero-order valence-corrected chi connectivity index (χ0v) is 16.0. The summed E-state index contributed by atoms with van der Waals surface area (Å²) in [7, 11) is 0. The Balaban J connectivity index is 2.50. The molecule has 1 unspecified atom stereocenters. The molecule has 2 N–H and O–H groups in total. The van der Waals surface area contributed by atoms with Gasteiger partial charge in [-0.05, 0) is 60.3 Å². The first-order valence-corrected chi connectivity index (χ1v) is 8.52. The van der Waals surface area contributed by atoms with E-state index in [2.05, 4.69) is 26.6 Å². The van der Waals surface area contributed by atoms with Crippen molar-refractivity contribution in [3.63, 3.8) is 0 Å². The van der Waals surface area contributed by atoms with Gasteiger partial charge in [0.05, 0.1) is 4.47 Å². The molecule has 0 fully saturated rings. The first-order chi connectivity index (χ1) is 10.6. The van der Waals surface area contributed by atoms with Crippen LogP contribution in [0.5, 0.6) is 0 Å². The van der Waals surface area contributed by atoms with Crippen molar-refractivity contribution < 1.29 is 13.9 Å². The number of rotatable bonds is 6. The number of hydrogen-bond donors (Lipinski definition) is 2. The number of hydrogen-bond acceptors (Lipinski definition) is 3. The largest absolute Gasteiger partial charge is 0.444 e. The molecule has 0 aliphatic rings.